The van der Waals surface area contributed by atoms with E-state index in [-0.39, 0.29) is 5.91 Å². The summed E-state index contributed by atoms with van der Waals surface area (Å²) in [6.07, 6.45) is 3.68. The van der Waals surface area contributed by atoms with Crippen LogP contribution in [-0.4, -0.2) is 21.4 Å². The predicted molar refractivity (Wildman–Crippen MR) is 80.7 cm³/mol. The van der Waals surface area contributed by atoms with Gasteiger partial charge in [0.25, 0.3) is 0 Å². The Bertz CT molecular complexity index is 570. The minimum absolute atomic E-state index is 0.0247. The van der Waals surface area contributed by atoms with Gasteiger partial charge in [0, 0.05) is 23.0 Å². The van der Waals surface area contributed by atoms with Crippen LogP contribution in [-0.2, 0) is 4.79 Å². The first kappa shape index (κ1) is 14.7. The van der Waals surface area contributed by atoms with E-state index in [1.165, 1.54) is 6.39 Å². The van der Waals surface area contributed by atoms with Crippen LogP contribution in [0.15, 0.2) is 29.0 Å². The van der Waals surface area contributed by atoms with Crippen LogP contribution in [0.3, 0.4) is 0 Å². The molecule has 5 nitrogen and oxygen atoms in total. The highest BCUT2D eigenvalue weighted by Crippen LogP contribution is 2.24. The van der Waals surface area contributed by atoms with Gasteiger partial charge in [0.2, 0.25) is 18.2 Å². The van der Waals surface area contributed by atoms with Gasteiger partial charge in [-0.1, -0.05) is 22.0 Å². The van der Waals surface area contributed by atoms with Crippen LogP contribution in [0.5, 0.6) is 0 Å². The molecule has 6 heteroatoms. The molecule has 2 aromatic rings. The lowest BCUT2D eigenvalue weighted by Crippen LogP contribution is -2.12. The smallest absolute Gasteiger partial charge is 0.247 e. The average Bonchev–Trinajstić information content (AvgIpc) is 2.95. The van der Waals surface area contributed by atoms with Crippen molar-refractivity contribution in [3.8, 4) is 11.5 Å². The van der Waals surface area contributed by atoms with E-state index < -0.39 is 0 Å². The molecule has 20 heavy (non-hydrogen) atoms. The molecule has 0 atom stereocenters. The number of nitrogens with one attached hydrogen (secondary N) is 1. The average molecular weight is 338 g/mol. The van der Waals surface area contributed by atoms with Gasteiger partial charge >= 0.3 is 0 Å². The molecule has 2 rings (SSSR count). The summed E-state index contributed by atoms with van der Waals surface area (Å²) in [5.41, 5.74) is 2.58. The van der Waals surface area contributed by atoms with Crippen LogP contribution >= 0.6 is 15.9 Å². The molecule has 106 valence electrons. The maximum absolute atomic E-state index is 11.9. The van der Waals surface area contributed by atoms with Gasteiger partial charge in [0.05, 0.1) is 0 Å². The van der Waals surface area contributed by atoms with Gasteiger partial charge in [-0.3, -0.25) is 4.79 Å². The summed E-state index contributed by atoms with van der Waals surface area (Å²) in [6.45, 7) is 1.95. The van der Waals surface area contributed by atoms with Gasteiger partial charge in [-0.15, -0.1) is 10.2 Å². The number of carbonyl (C=O) groups excluding carboxylic acids is 1. The number of nitrogens with zero attached hydrogens (tertiary/aromatic N) is 2. The molecule has 1 N–H and O–H groups in total. The minimum Gasteiger partial charge on any atom is -0.423 e. The number of halogens is 1. The van der Waals surface area contributed by atoms with Crippen molar-refractivity contribution in [2.45, 2.75) is 26.2 Å². The summed E-state index contributed by atoms with van der Waals surface area (Å²) < 4.78 is 5.16. The standard InChI is InChI=1S/C14H16BrN3O2/c1-10-5-6-11(14-18-16-9-20-14)8-12(10)17-13(19)4-2-3-7-15/h5-6,8-9H,2-4,7H2,1H3,(H,17,19). The van der Waals surface area contributed by atoms with Crippen molar-refractivity contribution < 1.29 is 9.21 Å². The Balaban J connectivity index is 2.07. The van der Waals surface area contributed by atoms with Crippen LogP contribution in [0.25, 0.3) is 11.5 Å². The van der Waals surface area contributed by atoms with E-state index in [1.54, 1.807) is 0 Å². The Morgan fingerprint density at radius 1 is 1.40 bits per heavy atom. The van der Waals surface area contributed by atoms with Gasteiger partial charge in [-0.05, 0) is 37.5 Å². The fourth-order valence-corrected chi connectivity index (χ4v) is 2.18. The monoisotopic (exact) mass is 337 g/mol. The van der Waals surface area contributed by atoms with E-state index in [1.807, 2.05) is 25.1 Å². The first-order chi connectivity index (χ1) is 9.70. The lowest BCUT2D eigenvalue weighted by atomic mass is 10.1. The third kappa shape index (κ3) is 3.90. The number of hydrogen-bond acceptors (Lipinski definition) is 4. The zero-order chi connectivity index (χ0) is 14.4. The van der Waals surface area contributed by atoms with Crippen molar-refractivity contribution in [3.05, 3.63) is 30.2 Å². The Labute approximate surface area is 125 Å². The molecule has 1 aromatic heterocycles. The zero-order valence-corrected chi connectivity index (χ0v) is 12.8. The number of hydrogen-bond donors (Lipinski definition) is 1. The molecule has 1 amide bonds. The molecule has 0 unspecified atom stereocenters. The van der Waals surface area contributed by atoms with Crippen LogP contribution in [0.4, 0.5) is 5.69 Å². The number of alkyl halides is 1. The fraction of sp³-hybridized carbons (Fsp3) is 0.357. The molecule has 0 saturated heterocycles. The zero-order valence-electron chi connectivity index (χ0n) is 11.2. The highest BCUT2D eigenvalue weighted by atomic mass is 79.9. The van der Waals surface area contributed by atoms with Crippen LogP contribution in [0.1, 0.15) is 24.8 Å². The van der Waals surface area contributed by atoms with Gasteiger partial charge in [-0.2, -0.15) is 0 Å². The second-order valence-corrected chi connectivity index (χ2v) is 5.26. The van der Waals surface area contributed by atoms with Crippen molar-refractivity contribution >= 4 is 27.5 Å². The van der Waals surface area contributed by atoms with Crippen molar-refractivity contribution in [1.29, 1.82) is 0 Å². The van der Waals surface area contributed by atoms with E-state index in [9.17, 15) is 4.79 Å². The molecule has 1 aromatic carbocycles. The number of benzene rings is 1. The molecule has 0 aliphatic carbocycles. The molecular formula is C14H16BrN3O2. The van der Waals surface area contributed by atoms with Crippen molar-refractivity contribution in [2.75, 3.05) is 10.6 Å². The summed E-state index contributed by atoms with van der Waals surface area (Å²) in [7, 11) is 0. The Morgan fingerprint density at radius 2 is 2.25 bits per heavy atom. The Kier molecular flexibility index (Phi) is 5.29. The number of aryl methyl sites for hydroxylation is 1. The van der Waals surface area contributed by atoms with E-state index in [2.05, 4.69) is 31.4 Å². The molecule has 0 spiro atoms. The van der Waals surface area contributed by atoms with Gasteiger partial charge in [-0.25, -0.2) is 0 Å². The number of aromatic nitrogens is 2. The maximum atomic E-state index is 11.9. The Hall–Kier alpha value is -1.69. The number of carbonyl (C=O) groups is 1. The first-order valence-corrected chi connectivity index (χ1v) is 7.56. The van der Waals surface area contributed by atoms with Crippen molar-refractivity contribution in [3.63, 3.8) is 0 Å². The van der Waals surface area contributed by atoms with Crippen LogP contribution < -0.4 is 5.32 Å². The molecule has 0 saturated carbocycles. The lowest BCUT2D eigenvalue weighted by molar-refractivity contribution is -0.116. The lowest BCUT2D eigenvalue weighted by Gasteiger charge is -2.09. The van der Waals surface area contributed by atoms with Crippen LogP contribution in [0.2, 0.25) is 0 Å². The molecule has 1 heterocycles. The minimum atomic E-state index is 0.0247. The third-order valence-electron chi connectivity index (χ3n) is 2.91. The second-order valence-electron chi connectivity index (χ2n) is 4.47. The predicted octanol–water partition coefficient (Wildman–Crippen LogP) is 3.55. The highest BCUT2D eigenvalue weighted by Gasteiger charge is 2.09. The van der Waals surface area contributed by atoms with Crippen molar-refractivity contribution in [2.24, 2.45) is 0 Å². The second kappa shape index (κ2) is 7.19. The van der Waals surface area contributed by atoms with Gasteiger partial charge < -0.3 is 9.73 Å². The van der Waals surface area contributed by atoms with E-state index in [0.717, 1.165) is 35.0 Å². The van der Waals surface area contributed by atoms with Gasteiger partial charge in [0.1, 0.15) is 0 Å². The molecule has 0 bridgehead atoms. The van der Waals surface area contributed by atoms with E-state index in [4.69, 9.17) is 4.42 Å². The molecule has 0 aliphatic heterocycles. The number of anilines is 1. The van der Waals surface area contributed by atoms with E-state index >= 15 is 0 Å². The highest BCUT2D eigenvalue weighted by molar-refractivity contribution is 9.09. The van der Waals surface area contributed by atoms with Gasteiger partial charge in [0.15, 0.2) is 0 Å². The van der Waals surface area contributed by atoms with Crippen LogP contribution in [0, 0.1) is 6.92 Å². The largest absolute Gasteiger partial charge is 0.423 e. The first-order valence-electron chi connectivity index (χ1n) is 6.43. The summed E-state index contributed by atoms with van der Waals surface area (Å²) in [4.78, 5) is 11.9. The normalized spacial score (nSPS) is 10.5. The molecular weight excluding hydrogens is 322 g/mol. The quantitative estimate of drug-likeness (QED) is 0.646. The summed E-state index contributed by atoms with van der Waals surface area (Å²) in [6, 6.07) is 5.67. The molecule has 0 fully saturated rings. The van der Waals surface area contributed by atoms with Crippen molar-refractivity contribution in [1.82, 2.24) is 10.2 Å². The topological polar surface area (TPSA) is 68.0 Å². The summed E-state index contributed by atoms with van der Waals surface area (Å²) in [5, 5.41) is 11.4. The fourth-order valence-electron chi connectivity index (χ4n) is 1.78. The molecule has 0 aliphatic rings. The molecule has 0 radical (unpaired) electrons. The maximum Gasteiger partial charge on any atom is 0.247 e. The third-order valence-corrected chi connectivity index (χ3v) is 3.47. The summed E-state index contributed by atoms with van der Waals surface area (Å²) >= 11 is 3.35. The number of rotatable bonds is 6. The Morgan fingerprint density at radius 3 is 2.95 bits per heavy atom. The SMILES string of the molecule is Cc1ccc(-c2nnco2)cc1NC(=O)CCCCBr. The number of amides is 1. The number of unbranched alkanes of at least 4 members (excludes halogenated alkanes) is 1. The summed E-state index contributed by atoms with van der Waals surface area (Å²) in [5.74, 6) is 0.469. The van der Waals surface area contributed by atoms with E-state index in [0.29, 0.717) is 12.3 Å².